The second-order valence-corrected chi connectivity index (χ2v) is 26.8. The van der Waals surface area contributed by atoms with Gasteiger partial charge in [-0.05, 0) is 211 Å². The summed E-state index contributed by atoms with van der Waals surface area (Å²) in [5.74, 6) is 1.75. The molecule has 0 amide bonds. The predicted octanol–water partition coefficient (Wildman–Crippen LogP) is 23.9. The molecule has 0 unspecified atom stereocenters. The zero-order valence-electron chi connectivity index (χ0n) is 54.7. The van der Waals surface area contributed by atoms with Crippen molar-refractivity contribution >= 4 is 82.3 Å². The molecule has 0 fully saturated rings. The van der Waals surface area contributed by atoms with Gasteiger partial charge in [0, 0.05) is 68.5 Å². The minimum Gasteiger partial charge on any atom is -0.453 e. The average molecular weight is 1280 g/mol. The number of rotatable bonds is 7. The molecule has 470 valence electrons. The summed E-state index contributed by atoms with van der Waals surface area (Å²) >= 11 is 0. The third kappa shape index (κ3) is 9.78. The molecule has 18 aromatic rings. The van der Waals surface area contributed by atoms with Crippen molar-refractivity contribution < 1.29 is 4.74 Å². The van der Waals surface area contributed by atoms with E-state index in [1.54, 1.807) is 12.4 Å². The van der Waals surface area contributed by atoms with Crippen molar-refractivity contribution in [1.82, 2.24) is 19.1 Å². The van der Waals surface area contributed by atoms with Gasteiger partial charge in [0.2, 0.25) is 0 Å². The van der Waals surface area contributed by atoms with Gasteiger partial charge in [0.15, 0.2) is 11.5 Å². The van der Waals surface area contributed by atoms with E-state index in [9.17, 15) is 0 Å². The average Bonchev–Trinajstić information content (AvgIpc) is 1.36. The highest BCUT2D eigenvalue weighted by molar-refractivity contribution is 6.10. The van der Waals surface area contributed by atoms with E-state index in [1.807, 2.05) is 30.3 Å². The van der Waals surface area contributed by atoms with Gasteiger partial charge in [-0.15, -0.1) is 0 Å². The fraction of sp³-hybridized carbons (Fsp3) is 0.0426. The van der Waals surface area contributed by atoms with Crippen LogP contribution in [0.15, 0.2) is 334 Å². The van der Waals surface area contributed by atoms with E-state index in [1.165, 1.54) is 132 Å². The molecule has 6 nitrogen and oxygen atoms in total. The Kier molecular flexibility index (Phi) is 13.4. The first kappa shape index (κ1) is 57.4. The number of fused-ring (bicyclic) bond motifs is 13. The number of anilines is 3. The van der Waals surface area contributed by atoms with Crippen LogP contribution in [0.1, 0.15) is 44.5 Å². The molecule has 0 saturated heterocycles. The van der Waals surface area contributed by atoms with E-state index in [-0.39, 0.29) is 0 Å². The van der Waals surface area contributed by atoms with E-state index in [4.69, 9.17) is 14.7 Å². The molecule has 6 heteroatoms. The molecule has 4 heterocycles. The number of ether oxygens (including phenoxy) is 1. The van der Waals surface area contributed by atoms with Gasteiger partial charge >= 0.3 is 0 Å². The Balaban J connectivity index is 0.000000136. The number of hydrogen-bond acceptors (Lipinski definition) is 4. The predicted molar refractivity (Wildman–Crippen MR) is 413 cm³/mol. The number of hydrogen-bond donors (Lipinski definition) is 0. The van der Waals surface area contributed by atoms with Gasteiger partial charge in [-0.1, -0.05) is 224 Å². The lowest BCUT2D eigenvalue weighted by Crippen LogP contribution is -2.16. The quantitative estimate of drug-likeness (QED) is 0.160. The highest BCUT2D eigenvalue weighted by atomic mass is 16.5. The van der Waals surface area contributed by atoms with Gasteiger partial charge in [-0.25, -0.2) is 0 Å². The van der Waals surface area contributed by atoms with Crippen LogP contribution >= 0.6 is 0 Å². The van der Waals surface area contributed by atoms with Crippen molar-refractivity contribution in [3.63, 3.8) is 0 Å². The summed E-state index contributed by atoms with van der Waals surface area (Å²) in [6, 6.07) is 115. The van der Waals surface area contributed by atoms with Crippen LogP contribution in [-0.2, 0) is 25.7 Å². The van der Waals surface area contributed by atoms with E-state index < -0.39 is 0 Å². The highest BCUT2D eigenvalue weighted by Crippen LogP contribution is 2.51. The first-order chi connectivity index (χ1) is 49.5. The summed E-state index contributed by atoms with van der Waals surface area (Å²) < 4.78 is 11.0. The van der Waals surface area contributed by atoms with Crippen molar-refractivity contribution in [2.75, 3.05) is 4.90 Å². The summed E-state index contributed by atoms with van der Waals surface area (Å²) in [6.45, 7) is 0. The molecule has 0 bridgehead atoms. The van der Waals surface area contributed by atoms with E-state index >= 15 is 0 Å². The van der Waals surface area contributed by atoms with Crippen LogP contribution in [0, 0.1) is 0 Å². The molecule has 2 aliphatic carbocycles. The zero-order valence-corrected chi connectivity index (χ0v) is 54.7. The first-order valence-electron chi connectivity index (χ1n) is 34.6. The van der Waals surface area contributed by atoms with Gasteiger partial charge in [-0.3, -0.25) is 9.97 Å². The third-order valence-electron chi connectivity index (χ3n) is 21.0. The Hall–Kier alpha value is -12.9. The minimum absolute atomic E-state index is 0.877. The van der Waals surface area contributed by atoms with E-state index in [0.29, 0.717) is 0 Å². The zero-order chi connectivity index (χ0) is 65.8. The molecular weight excluding hydrogens is 1220 g/mol. The molecule has 100 heavy (non-hydrogen) atoms. The van der Waals surface area contributed by atoms with Gasteiger partial charge in [0.05, 0.1) is 39.0 Å². The van der Waals surface area contributed by atoms with Crippen molar-refractivity contribution in [2.24, 2.45) is 0 Å². The number of benzene rings is 15. The molecule has 0 spiro atoms. The molecule has 0 saturated carbocycles. The second-order valence-electron chi connectivity index (χ2n) is 26.8. The fourth-order valence-electron chi connectivity index (χ4n) is 16.2. The molecule has 0 atom stereocenters. The molecule has 0 radical (unpaired) electrons. The van der Waals surface area contributed by atoms with Crippen molar-refractivity contribution in [3.8, 4) is 67.4 Å². The highest BCUT2D eigenvalue weighted by Gasteiger charge is 2.28. The van der Waals surface area contributed by atoms with Crippen LogP contribution in [0.3, 0.4) is 0 Å². The largest absolute Gasteiger partial charge is 0.453 e. The Labute approximate surface area is 579 Å². The summed E-state index contributed by atoms with van der Waals surface area (Å²) in [5, 5.41) is 8.96. The molecule has 0 N–H and O–H groups in total. The van der Waals surface area contributed by atoms with E-state index in [2.05, 4.69) is 305 Å². The van der Waals surface area contributed by atoms with E-state index in [0.717, 1.165) is 87.7 Å². The minimum atomic E-state index is 0.877. The molecule has 21 rings (SSSR count). The SMILES string of the molecule is c1ccc(-c2ccc(-c3ccc4c(c3)Cc3cc5ccc(-n6c7ccccc7c7ccccc76)cc5cc3C4)c3nccnc23)cc1.c1ccc(-c2cn(-c3ccccc3)c3ccc(-c4ccc5cc6c(cc5c4)Cc4ccc(N5c7ccccc7Oc7ccccc75)cc4C6)cc23)cc1. The Morgan fingerprint density at radius 1 is 0.270 bits per heavy atom. The lowest BCUT2D eigenvalue weighted by molar-refractivity contribution is 0.477. The molecule has 15 aromatic carbocycles. The van der Waals surface area contributed by atoms with Crippen molar-refractivity contribution in [3.05, 3.63) is 379 Å². The van der Waals surface area contributed by atoms with Gasteiger partial charge in [0.1, 0.15) is 0 Å². The number of aromatic nitrogens is 4. The van der Waals surface area contributed by atoms with Crippen LogP contribution in [0.25, 0.3) is 121 Å². The number of nitrogens with zero attached hydrogens (tertiary/aromatic N) is 5. The summed E-state index contributed by atoms with van der Waals surface area (Å²) in [7, 11) is 0. The van der Waals surface area contributed by atoms with Crippen LogP contribution in [0.4, 0.5) is 17.1 Å². The van der Waals surface area contributed by atoms with Crippen LogP contribution < -0.4 is 9.64 Å². The fourth-order valence-corrected chi connectivity index (χ4v) is 16.2. The first-order valence-corrected chi connectivity index (χ1v) is 34.6. The summed E-state index contributed by atoms with van der Waals surface area (Å²) in [6.07, 6.45) is 9.58. The van der Waals surface area contributed by atoms with Crippen LogP contribution in [0.5, 0.6) is 11.5 Å². The van der Waals surface area contributed by atoms with Gasteiger partial charge in [0.25, 0.3) is 0 Å². The molecule has 3 aromatic heterocycles. The topological polar surface area (TPSA) is 48.1 Å². The maximum Gasteiger partial charge on any atom is 0.151 e. The van der Waals surface area contributed by atoms with Crippen molar-refractivity contribution in [2.45, 2.75) is 25.7 Å². The lowest BCUT2D eigenvalue weighted by atomic mass is 9.83. The number of para-hydroxylation sites is 7. The lowest BCUT2D eigenvalue weighted by Gasteiger charge is -2.33. The van der Waals surface area contributed by atoms with Crippen LogP contribution in [0.2, 0.25) is 0 Å². The van der Waals surface area contributed by atoms with Gasteiger partial charge in [-0.2, -0.15) is 0 Å². The third-order valence-corrected chi connectivity index (χ3v) is 21.0. The van der Waals surface area contributed by atoms with Crippen molar-refractivity contribution in [1.29, 1.82) is 0 Å². The Morgan fingerprint density at radius 3 is 1.39 bits per heavy atom. The Bertz CT molecular complexity index is 6230. The van der Waals surface area contributed by atoms with Gasteiger partial charge < -0.3 is 18.8 Å². The maximum absolute atomic E-state index is 6.28. The second kappa shape index (κ2) is 23.4. The summed E-state index contributed by atoms with van der Waals surface area (Å²) in [5.41, 5.74) is 31.9. The molecule has 1 aliphatic heterocycles. The molecule has 3 aliphatic rings. The normalized spacial score (nSPS) is 12.7. The monoisotopic (exact) mass is 1280 g/mol. The molecular formula is C94H63N5O. The van der Waals surface area contributed by atoms with Crippen LogP contribution in [-0.4, -0.2) is 19.1 Å². The maximum atomic E-state index is 6.28. The Morgan fingerprint density at radius 2 is 0.740 bits per heavy atom. The summed E-state index contributed by atoms with van der Waals surface area (Å²) in [4.78, 5) is 11.9. The smallest absolute Gasteiger partial charge is 0.151 e. The standard InChI is InChI=1S/C50H34N2O.C44H29N3/c1-3-11-33(12-4-1)45-32-51(42-13-5-2-6-14-42)46-24-22-37(31-44(45)46)34-19-20-35-26-40-29-41-30-43(23-21-36(41)27-39(40)28-38(35)25-34)52-47-15-7-9-17-49(47)53-50-18-10-8-16-48(50)52;1-2-8-28(9-3-1)37-18-19-38(44-43(37)45-20-21-46-44)31-15-14-29-22-34-26-35-27-36(17-16-30(35)23-33(34)25-32(29)24-31)47-41-12-6-4-10-39(41)40-11-5-7-13-42(40)47/h1-26,28,30-32H,27,29H2;1-21,23-24,26-27H,22,25H2.